The molecule has 0 spiro atoms. The van der Waals surface area contributed by atoms with Gasteiger partial charge in [-0.25, -0.2) is 0 Å². The van der Waals surface area contributed by atoms with Crippen LogP contribution in [0.4, 0.5) is 13.2 Å². The molecule has 0 atom stereocenters. The van der Waals surface area contributed by atoms with Crippen molar-refractivity contribution < 1.29 is 25.8 Å². The van der Waals surface area contributed by atoms with E-state index >= 15 is 0 Å². The van der Waals surface area contributed by atoms with Gasteiger partial charge in [-0.05, 0) is 85.8 Å². The molecule has 0 fully saturated rings. The molecule has 39 heavy (non-hydrogen) atoms. The fourth-order valence-corrected chi connectivity index (χ4v) is 5.49. The molecule has 0 saturated heterocycles. The van der Waals surface area contributed by atoms with Crippen molar-refractivity contribution >= 4 is 42.4 Å². The maximum Gasteiger partial charge on any atom is 0.534 e. The van der Waals surface area contributed by atoms with E-state index in [9.17, 15) is 21.6 Å². The van der Waals surface area contributed by atoms with Crippen molar-refractivity contribution in [1.82, 2.24) is 0 Å². The minimum atomic E-state index is -5.77. The first-order valence-corrected chi connectivity index (χ1v) is 13.6. The monoisotopic (exact) mass is 542 g/mol. The normalized spacial score (nSPS) is 12.3. The van der Waals surface area contributed by atoms with Gasteiger partial charge in [0, 0.05) is 0 Å². The highest BCUT2D eigenvalue weighted by molar-refractivity contribution is 7.88. The number of fused-ring (bicyclic) bond motifs is 6. The van der Waals surface area contributed by atoms with Gasteiger partial charge in [0.2, 0.25) is 0 Å². The molecule has 0 bridgehead atoms. The van der Waals surface area contributed by atoms with Crippen LogP contribution in [0, 0.1) is 6.92 Å². The van der Waals surface area contributed by atoms with E-state index in [1.165, 1.54) is 18.2 Å². The van der Waals surface area contributed by atoms with Gasteiger partial charge in [-0.1, -0.05) is 90.5 Å². The van der Waals surface area contributed by atoms with Crippen LogP contribution in [0.2, 0.25) is 0 Å². The van der Waals surface area contributed by atoms with Gasteiger partial charge in [-0.3, -0.25) is 0 Å². The van der Waals surface area contributed by atoms with Gasteiger partial charge < -0.3 is 4.18 Å². The second kappa shape index (κ2) is 9.13. The standard InChI is InChI=1S/C32H21F3O3S/c1-20-6-4-7-21(16-20)23-12-14-28-26-10-2-3-11-27(26)29-15-13-24(19-31(29)30(28)18-23)22-8-5-9-25(17-22)38-39(36,37)32(33,34)35/h2-19H,1H3. The Hall–Kier alpha value is -4.36. The second-order valence-electron chi connectivity index (χ2n) is 9.45. The van der Waals surface area contributed by atoms with Crippen molar-refractivity contribution in [3.05, 3.63) is 115 Å². The number of halogens is 3. The minimum absolute atomic E-state index is 0.407. The van der Waals surface area contributed by atoms with E-state index in [1.54, 1.807) is 6.07 Å². The first-order chi connectivity index (χ1) is 18.6. The number of rotatable bonds is 4. The Bertz CT molecular complexity index is 2010. The maximum absolute atomic E-state index is 12.9. The highest BCUT2D eigenvalue weighted by atomic mass is 32.2. The van der Waals surface area contributed by atoms with E-state index < -0.39 is 21.4 Å². The molecule has 0 N–H and O–H groups in total. The molecule has 0 aliphatic heterocycles. The van der Waals surface area contributed by atoms with Crippen LogP contribution in [0.3, 0.4) is 0 Å². The lowest BCUT2D eigenvalue weighted by Crippen LogP contribution is -2.28. The summed E-state index contributed by atoms with van der Waals surface area (Å²) in [5.74, 6) is -0.407. The Balaban J connectivity index is 1.56. The van der Waals surface area contributed by atoms with Gasteiger partial charge in [0.15, 0.2) is 0 Å². The molecule has 0 saturated carbocycles. The zero-order valence-corrected chi connectivity index (χ0v) is 21.5. The Labute approximate surface area is 223 Å². The number of hydrogen-bond donors (Lipinski definition) is 0. The van der Waals surface area contributed by atoms with Gasteiger partial charge in [0.25, 0.3) is 0 Å². The van der Waals surface area contributed by atoms with E-state index in [1.807, 2.05) is 36.4 Å². The van der Waals surface area contributed by atoms with E-state index in [0.29, 0.717) is 5.56 Å². The fraction of sp³-hybridized carbons (Fsp3) is 0.0625. The molecule has 3 nitrogen and oxygen atoms in total. The third-order valence-electron chi connectivity index (χ3n) is 6.84. The summed E-state index contributed by atoms with van der Waals surface area (Å²) in [6.45, 7) is 2.05. The molecule has 0 radical (unpaired) electrons. The molecule has 0 aromatic heterocycles. The summed E-state index contributed by atoms with van der Waals surface area (Å²) in [4.78, 5) is 0. The molecular formula is C32H21F3O3S. The number of alkyl halides is 3. The summed E-state index contributed by atoms with van der Waals surface area (Å²) < 4.78 is 66.0. The molecular weight excluding hydrogens is 521 g/mol. The maximum atomic E-state index is 12.9. The zero-order chi connectivity index (χ0) is 27.4. The van der Waals surface area contributed by atoms with Crippen molar-refractivity contribution in [3.63, 3.8) is 0 Å². The highest BCUT2D eigenvalue weighted by Gasteiger charge is 2.48. The molecule has 0 heterocycles. The van der Waals surface area contributed by atoms with Crippen molar-refractivity contribution in [1.29, 1.82) is 0 Å². The summed E-state index contributed by atoms with van der Waals surface area (Å²) >= 11 is 0. The fourth-order valence-electron chi connectivity index (χ4n) is 5.04. The Morgan fingerprint density at radius 1 is 0.538 bits per heavy atom. The molecule has 6 aromatic rings. The number of benzene rings is 6. The van der Waals surface area contributed by atoms with Crippen LogP contribution in [-0.2, 0) is 10.1 Å². The van der Waals surface area contributed by atoms with Crippen molar-refractivity contribution in [2.45, 2.75) is 12.4 Å². The Morgan fingerprint density at radius 3 is 1.56 bits per heavy atom. The van der Waals surface area contributed by atoms with Crippen molar-refractivity contribution in [3.8, 4) is 28.0 Å². The summed E-state index contributed by atoms with van der Waals surface area (Å²) in [6, 6.07) is 34.4. The predicted molar refractivity (Wildman–Crippen MR) is 150 cm³/mol. The van der Waals surface area contributed by atoms with Crippen LogP contribution < -0.4 is 4.18 Å². The van der Waals surface area contributed by atoms with Crippen LogP contribution in [0.1, 0.15) is 5.56 Å². The summed E-state index contributed by atoms with van der Waals surface area (Å²) in [6.07, 6.45) is 0. The van der Waals surface area contributed by atoms with Crippen LogP contribution in [0.25, 0.3) is 54.6 Å². The zero-order valence-electron chi connectivity index (χ0n) is 20.7. The summed E-state index contributed by atoms with van der Waals surface area (Å²) in [5.41, 5.74) is -0.933. The van der Waals surface area contributed by atoms with Crippen LogP contribution in [0.5, 0.6) is 5.75 Å². The predicted octanol–water partition coefficient (Wildman–Crippen LogP) is 9.02. The lowest BCUT2D eigenvalue weighted by molar-refractivity contribution is -0.0500. The highest BCUT2D eigenvalue weighted by Crippen LogP contribution is 2.39. The molecule has 0 amide bonds. The largest absolute Gasteiger partial charge is 0.534 e. The molecule has 6 rings (SSSR count). The van der Waals surface area contributed by atoms with Gasteiger partial charge in [0.05, 0.1) is 0 Å². The van der Waals surface area contributed by atoms with Crippen molar-refractivity contribution in [2.24, 2.45) is 0 Å². The molecule has 0 unspecified atom stereocenters. The van der Waals surface area contributed by atoms with Crippen LogP contribution >= 0.6 is 0 Å². The van der Waals surface area contributed by atoms with Crippen molar-refractivity contribution in [2.75, 3.05) is 0 Å². The number of aryl methyl sites for hydroxylation is 1. The van der Waals surface area contributed by atoms with Gasteiger partial charge in [-0.15, -0.1) is 0 Å². The molecule has 0 aliphatic carbocycles. The quantitative estimate of drug-likeness (QED) is 0.127. The van der Waals surface area contributed by atoms with Crippen LogP contribution in [0.15, 0.2) is 109 Å². The van der Waals surface area contributed by atoms with Gasteiger partial charge in [0.1, 0.15) is 5.75 Å². The van der Waals surface area contributed by atoms with E-state index in [4.69, 9.17) is 0 Å². The average molecular weight is 543 g/mol. The average Bonchev–Trinajstić information content (AvgIpc) is 2.92. The van der Waals surface area contributed by atoms with Gasteiger partial charge >= 0.3 is 15.6 Å². The third-order valence-corrected chi connectivity index (χ3v) is 7.82. The Morgan fingerprint density at radius 2 is 1.03 bits per heavy atom. The topological polar surface area (TPSA) is 43.4 Å². The van der Waals surface area contributed by atoms with Crippen LogP contribution in [-0.4, -0.2) is 13.9 Å². The summed E-state index contributed by atoms with van der Waals surface area (Å²) in [5, 5.41) is 6.34. The molecule has 194 valence electrons. The third kappa shape index (κ3) is 4.49. The molecule has 6 aromatic carbocycles. The molecule has 0 aliphatic rings. The first-order valence-electron chi connectivity index (χ1n) is 12.2. The lowest BCUT2D eigenvalue weighted by atomic mass is 9.90. The summed E-state index contributed by atoms with van der Waals surface area (Å²) in [7, 11) is -5.77. The SMILES string of the molecule is Cc1cccc(-c2ccc3c4ccccc4c4ccc(-c5cccc(OS(=O)(=O)C(F)(F)F)c5)cc4c3c2)c1. The van der Waals surface area contributed by atoms with E-state index in [0.717, 1.165) is 54.6 Å². The molecule has 7 heteroatoms. The number of hydrogen-bond acceptors (Lipinski definition) is 3. The van der Waals surface area contributed by atoms with E-state index in [2.05, 4.69) is 59.6 Å². The second-order valence-corrected chi connectivity index (χ2v) is 11.0. The smallest absolute Gasteiger partial charge is 0.376 e. The van der Waals surface area contributed by atoms with E-state index in [-0.39, 0.29) is 0 Å². The first kappa shape index (κ1) is 24.9. The lowest BCUT2D eigenvalue weighted by Gasteiger charge is -2.14. The van der Waals surface area contributed by atoms with Gasteiger partial charge in [-0.2, -0.15) is 21.6 Å². The minimum Gasteiger partial charge on any atom is -0.376 e. The Kier molecular flexibility index (Phi) is 5.84.